The molecule has 0 aromatic carbocycles. The summed E-state index contributed by atoms with van der Waals surface area (Å²) in [6, 6.07) is 0. The first-order valence-electron chi connectivity index (χ1n) is 24.5. The van der Waals surface area contributed by atoms with E-state index in [-0.39, 0.29) is 59.8 Å². The summed E-state index contributed by atoms with van der Waals surface area (Å²) in [4.78, 5) is 53.3. The average molecular weight is 983 g/mol. The Labute approximate surface area is 408 Å². The Morgan fingerprint density at radius 2 is 1.36 bits per heavy atom. The highest BCUT2D eigenvalue weighted by atomic mass is 16.8. The molecule has 15 atom stereocenters. The van der Waals surface area contributed by atoms with Crippen LogP contribution in [0.1, 0.15) is 113 Å². The van der Waals surface area contributed by atoms with Crippen LogP contribution in [-0.2, 0) is 85.5 Å². The second-order valence-corrected chi connectivity index (χ2v) is 22.2. The van der Waals surface area contributed by atoms with Crippen LogP contribution in [0.5, 0.6) is 0 Å². The molecule has 0 N–H and O–H groups in total. The number of allylic oxidation sites excluding steroid dienone is 2. The SMILES string of the molecule is COCO[C@H]1[C@H](O[C@H]2CC[C@@]3(C)C(CC[C@]4(C)[C@@H]3CC=C3[C@@H]5CC(C)(C)CC[C@]5(C(=O)OC)CC[C@]34C)C2(C)C)O[C@H](C(=O)OC)[C@@H](OCOC)[C@@H]1O[C@H](OCC(=O)OC)[C@H](OCOC)C(=O)OC. The van der Waals surface area contributed by atoms with Crippen molar-refractivity contribution in [3.63, 3.8) is 0 Å². The highest BCUT2D eigenvalue weighted by Gasteiger charge is 2.70. The predicted octanol–water partition coefficient (Wildman–Crippen LogP) is 6.29. The second kappa shape index (κ2) is 22.1. The Morgan fingerprint density at radius 1 is 0.696 bits per heavy atom. The third-order valence-electron chi connectivity index (χ3n) is 18.1. The number of carbonyl (C=O) groups is 4. The number of hydrogen-bond donors (Lipinski definition) is 0. The van der Waals surface area contributed by atoms with Crippen LogP contribution in [-0.4, -0.2) is 150 Å². The molecule has 1 unspecified atom stereocenters. The van der Waals surface area contributed by atoms with E-state index in [1.807, 2.05) is 0 Å². The zero-order chi connectivity index (χ0) is 50.7. The molecule has 5 fully saturated rings. The Morgan fingerprint density at radius 3 is 1.99 bits per heavy atom. The topological polar surface area (TPSA) is 198 Å². The van der Waals surface area contributed by atoms with Crippen molar-refractivity contribution in [2.24, 2.45) is 50.2 Å². The maximum atomic E-state index is 13.8. The van der Waals surface area contributed by atoms with E-state index in [1.165, 1.54) is 41.1 Å². The number of ether oxygens (including phenoxy) is 14. The average Bonchev–Trinajstić information content (AvgIpc) is 3.32. The van der Waals surface area contributed by atoms with Crippen LogP contribution in [0.2, 0.25) is 0 Å². The summed E-state index contributed by atoms with van der Waals surface area (Å²) in [6.45, 7) is 15.1. The summed E-state index contributed by atoms with van der Waals surface area (Å²) < 4.78 is 80.9. The van der Waals surface area contributed by atoms with E-state index >= 15 is 0 Å². The molecule has 18 nitrogen and oxygen atoms in total. The van der Waals surface area contributed by atoms with Crippen molar-refractivity contribution in [1.82, 2.24) is 0 Å². The van der Waals surface area contributed by atoms with Crippen LogP contribution < -0.4 is 0 Å². The fraction of sp³-hybridized carbons (Fsp3) is 0.882. The molecular weight excluding hydrogens is 901 g/mol. The summed E-state index contributed by atoms with van der Waals surface area (Å²) in [6.07, 6.45) is 1.22. The molecule has 0 aromatic rings. The first-order valence-corrected chi connectivity index (χ1v) is 24.5. The molecule has 0 radical (unpaired) electrons. The fourth-order valence-electron chi connectivity index (χ4n) is 14.3. The maximum absolute atomic E-state index is 13.8. The third kappa shape index (κ3) is 10.3. The van der Waals surface area contributed by atoms with E-state index in [2.05, 4.69) is 54.5 Å². The predicted molar refractivity (Wildman–Crippen MR) is 245 cm³/mol. The molecule has 0 spiro atoms. The third-order valence-corrected chi connectivity index (χ3v) is 18.1. The van der Waals surface area contributed by atoms with Gasteiger partial charge < -0.3 is 66.3 Å². The lowest BCUT2D eigenvalue weighted by molar-refractivity contribution is -0.366. The highest BCUT2D eigenvalue weighted by Crippen LogP contribution is 2.76. The van der Waals surface area contributed by atoms with Gasteiger partial charge in [0.15, 0.2) is 18.7 Å². The first kappa shape index (κ1) is 55.5. The number of rotatable bonds is 20. The van der Waals surface area contributed by atoms with Gasteiger partial charge in [0.25, 0.3) is 0 Å². The van der Waals surface area contributed by atoms with Gasteiger partial charge in [-0.05, 0) is 109 Å². The Bertz CT molecular complexity index is 1840. The number of fused-ring (bicyclic) bond motifs is 7. The van der Waals surface area contributed by atoms with Crippen molar-refractivity contribution in [2.45, 2.75) is 162 Å². The molecule has 18 heteroatoms. The van der Waals surface area contributed by atoms with Gasteiger partial charge in [0.2, 0.25) is 6.10 Å². The molecule has 0 amide bonds. The number of esters is 4. The second-order valence-electron chi connectivity index (χ2n) is 22.2. The smallest absolute Gasteiger partial charge is 0.340 e. The summed E-state index contributed by atoms with van der Waals surface area (Å²) in [5, 5.41) is 0. The Balaban J connectivity index is 1.34. The lowest BCUT2D eigenvalue weighted by Crippen LogP contribution is -2.67. The van der Waals surface area contributed by atoms with Gasteiger partial charge in [-0.15, -0.1) is 0 Å². The number of methoxy groups -OCH3 is 7. The lowest BCUT2D eigenvalue weighted by atomic mass is 9.33. The van der Waals surface area contributed by atoms with Crippen molar-refractivity contribution < 1.29 is 85.5 Å². The minimum absolute atomic E-state index is 0.0153. The molecule has 394 valence electrons. The largest absolute Gasteiger partial charge is 0.469 e. The molecule has 1 heterocycles. The van der Waals surface area contributed by atoms with E-state index < -0.39 is 84.5 Å². The van der Waals surface area contributed by atoms with Crippen molar-refractivity contribution in [3.8, 4) is 0 Å². The van der Waals surface area contributed by atoms with Crippen molar-refractivity contribution in [3.05, 3.63) is 11.6 Å². The fourth-order valence-corrected chi connectivity index (χ4v) is 14.3. The normalized spacial score (nSPS) is 38.6. The van der Waals surface area contributed by atoms with Gasteiger partial charge >= 0.3 is 23.9 Å². The molecule has 4 saturated carbocycles. The summed E-state index contributed by atoms with van der Waals surface area (Å²) in [5.41, 5.74) is 0.533. The Hall–Kier alpha value is -2.78. The van der Waals surface area contributed by atoms with Gasteiger partial charge in [0.05, 0.1) is 40.0 Å². The molecule has 0 aromatic heterocycles. The van der Waals surface area contributed by atoms with Gasteiger partial charge in [-0.1, -0.05) is 60.1 Å². The van der Waals surface area contributed by atoms with Crippen molar-refractivity contribution in [2.75, 3.05) is 76.8 Å². The maximum Gasteiger partial charge on any atom is 0.340 e. The summed E-state index contributed by atoms with van der Waals surface area (Å²) in [7, 11) is 9.31. The Kier molecular flexibility index (Phi) is 17.8. The van der Waals surface area contributed by atoms with Gasteiger partial charge in [-0.25, -0.2) is 14.4 Å². The summed E-state index contributed by atoms with van der Waals surface area (Å²) in [5.74, 6) is -1.80. The molecule has 1 saturated heterocycles. The number of hydrogen-bond acceptors (Lipinski definition) is 18. The standard InChI is InChI=1S/C51H82O18/c1-46(2)21-23-51(45(55)62-14)24-22-49(6)30(31(51)25-46)15-16-33-48(5)19-18-34(47(3,4)32(48)17-20-50(33,49)7)67-44-39(65-28-57-9)37(36(64-27-56-8)38(69-44)41(53)60-12)68-43(63-26-35(52)59-11)40(42(54)61-13)66-29-58-10/h15,31-34,36-40,43-44H,16-29H2,1-14H3/t31-,32?,33+,34-,36-,37-,38-,39+,40+,43-,44+,48-,49+,50+,51-/m0/s1. The minimum atomic E-state index is -1.70. The quantitative estimate of drug-likeness (QED) is 0.0434. The van der Waals surface area contributed by atoms with Gasteiger partial charge in [-0.3, -0.25) is 4.79 Å². The molecule has 6 rings (SSSR count). The van der Waals surface area contributed by atoms with Gasteiger partial charge in [0, 0.05) is 21.3 Å². The zero-order valence-corrected chi connectivity index (χ0v) is 43.7. The minimum Gasteiger partial charge on any atom is -0.469 e. The first-order chi connectivity index (χ1) is 32.6. The molecule has 1 aliphatic heterocycles. The van der Waals surface area contributed by atoms with Crippen LogP contribution in [0, 0.1) is 50.2 Å². The number of carbonyl (C=O) groups excluding carboxylic acids is 4. The van der Waals surface area contributed by atoms with Crippen molar-refractivity contribution >= 4 is 23.9 Å². The molecule has 5 aliphatic carbocycles. The van der Waals surface area contributed by atoms with Gasteiger partial charge in [0.1, 0.15) is 45.3 Å². The monoisotopic (exact) mass is 983 g/mol. The zero-order valence-electron chi connectivity index (χ0n) is 43.7. The molecule has 0 bridgehead atoms. The van der Waals surface area contributed by atoms with Crippen LogP contribution in [0.25, 0.3) is 0 Å². The van der Waals surface area contributed by atoms with E-state index in [0.29, 0.717) is 12.3 Å². The highest BCUT2D eigenvalue weighted by molar-refractivity contribution is 5.79. The van der Waals surface area contributed by atoms with E-state index in [1.54, 1.807) is 7.11 Å². The van der Waals surface area contributed by atoms with Crippen molar-refractivity contribution in [1.29, 1.82) is 0 Å². The lowest BCUT2D eigenvalue weighted by Gasteiger charge is -2.71. The van der Waals surface area contributed by atoms with Crippen LogP contribution in [0.4, 0.5) is 0 Å². The molecule has 6 aliphatic rings. The molecular formula is C51H82O18. The van der Waals surface area contributed by atoms with Gasteiger partial charge in [-0.2, -0.15) is 0 Å². The molecule has 69 heavy (non-hydrogen) atoms. The van der Waals surface area contributed by atoms with Crippen LogP contribution in [0.15, 0.2) is 11.6 Å². The van der Waals surface area contributed by atoms with Crippen LogP contribution >= 0.6 is 0 Å². The van der Waals surface area contributed by atoms with Crippen LogP contribution in [0.3, 0.4) is 0 Å². The van der Waals surface area contributed by atoms with E-state index in [9.17, 15) is 19.2 Å². The summed E-state index contributed by atoms with van der Waals surface area (Å²) >= 11 is 0. The van der Waals surface area contributed by atoms with E-state index in [4.69, 9.17) is 66.3 Å². The van der Waals surface area contributed by atoms with E-state index in [0.717, 1.165) is 64.9 Å².